The zero-order valence-electron chi connectivity index (χ0n) is 9.67. The van der Waals surface area contributed by atoms with Crippen LogP contribution < -0.4 is 16.6 Å². The van der Waals surface area contributed by atoms with Crippen LogP contribution in [0.5, 0.6) is 0 Å². The van der Waals surface area contributed by atoms with Gasteiger partial charge in [-0.15, -0.1) is 0 Å². The van der Waals surface area contributed by atoms with Crippen LogP contribution in [0, 0.1) is 0 Å². The number of rotatable bonds is 4. The molecule has 0 unspecified atom stereocenters. The molecule has 0 aliphatic carbocycles. The summed E-state index contributed by atoms with van der Waals surface area (Å²) in [6, 6.07) is 2.96. The Hall–Kier alpha value is -2.09. The quantitative estimate of drug-likeness (QED) is 0.551. The molecule has 4 N–H and O–H groups in total. The van der Waals surface area contributed by atoms with Crippen molar-refractivity contribution in [2.75, 3.05) is 17.6 Å². The summed E-state index contributed by atoms with van der Waals surface area (Å²) in [6.07, 6.45) is 1.64. The average molecular weight is 264 g/mol. The molecule has 0 atom stereocenters. The van der Waals surface area contributed by atoms with Gasteiger partial charge < -0.3 is 16.0 Å². The Balaban J connectivity index is 2.22. The number of aromatic amines is 1. The molecular weight excluding hydrogens is 252 g/mol. The minimum Gasteiger partial charge on any atom is -0.383 e. The van der Waals surface area contributed by atoms with Crippen LogP contribution in [0.3, 0.4) is 0 Å². The molecule has 94 valence electrons. The third kappa shape index (κ3) is 3.20. The highest BCUT2D eigenvalue weighted by Gasteiger charge is 2.04. The SMILES string of the molecule is CCNc1nccc(Sc2nc(N)cc(=O)[nH]2)n1. The van der Waals surface area contributed by atoms with Crippen LogP contribution in [0.4, 0.5) is 11.8 Å². The van der Waals surface area contributed by atoms with Crippen molar-refractivity contribution in [3.8, 4) is 0 Å². The lowest BCUT2D eigenvalue weighted by Crippen LogP contribution is -2.09. The Morgan fingerprint density at radius 3 is 3.06 bits per heavy atom. The number of nitrogens with two attached hydrogens (primary N) is 1. The van der Waals surface area contributed by atoms with Crippen molar-refractivity contribution >= 4 is 23.5 Å². The zero-order valence-corrected chi connectivity index (χ0v) is 10.5. The van der Waals surface area contributed by atoms with E-state index in [4.69, 9.17) is 5.73 Å². The maximum Gasteiger partial charge on any atom is 0.253 e. The summed E-state index contributed by atoms with van der Waals surface area (Å²) in [7, 11) is 0. The first-order chi connectivity index (χ1) is 8.67. The highest BCUT2D eigenvalue weighted by Crippen LogP contribution is 2.22. The Labute approximate surface area is 107 Å². The predicted molar refractivity (Wildman–Crippen MR) is 69.6 cm³/mol. The van der Waals surface area contributed by atoms with Gasteiger partial charge >= 0.3 is 0 Å². The van der Waals surface area contributed by atoms with E-state index in [0.29, 0.717) is 16.1 Å². The number of aromatic nitrogens is 4. The minimum absolute atomic E-state index is 0.183. The number of nitrogens with one attached hydrogen (secondary N) is 2. The van der Waals surface area contributed by atoms with E-state index < -0.39 is 0 Å². The van der Waals surface area contributed by atoms with Gasteiger partial charge in [-0.3, -0.25) is 4.79 Å². The predicted octanol–water partition coefficient (Wildman–Crippen LogP) is 0.725. The second kappa shape index (κ2) is 5.50. The van der Waals surface area contributed by atoms with Gasteiger partial charge in [-0.2, -0.15) is 0 Å². The highest BCUT2D eigenvalue weighted by molar-refractivity contribution is 7.99. The Bertz CT molecular complexity index is 599. The van der Waals surface area contributed by atoms with Gasteiger partial charge in [0.25, 0.3) is 5.56 Å². The average Bonchev–Trinajstić information content (AvgIpc) is 2.28. The molecule has 8 heteroatoms. The van der Waals surface area contributed by atoms with Crippen molar-refractivity contribution in [2.45, 2.75) is 17.1 Å². The molecular formula is C10H12N6OS. The summed E-state index contributed by atoms with van der Waals surface area (Å²) in [5.41, 5.74) is 5.21. The Morgan fingerprint density at radius 2 is 2.33 bits per heavy atom. The van der Waals surface area contributed by atoms with E-state index in [2.05, 4.69) is 25.3 Å². The summed E-state index contributed by atoms with van der Waals surface area (Å²) in [4.78, 5) is 26.1. The molecule has 0 fully saturated rings. The van der Waals surface area contributed by atoms with Crippen LogP contribution in [0.25, 0.3) is 0 Å². The lowest BCUT2D eigenvalue weighted by molar-refractivity contribution is 0.936. The van der Waals surface area contributed by atoms with Gasteiger partial charge in [0.05, 0.1) is 0 Å². The molecule has 0 aliphatic heterocycles. The van der Waals surface area contributed by atoms with E-state index in [1.165, 1.54) is 17.8 Å². The lowest BCUT2D eigenvalue weighted by atomic mass is 10.6. The first-order valence-corrected chi connectivity index (χ1v) is 6.10. The standard InChI is InChI=1S/C10H12N6OS/c1-2-12-9-13-4-3-8(16-9)18-10-14-6(11)5-7(17)15-10/h3-5H,2H2,1H3,(H,12,13,16)(H3,11,14,15,17). The van der Waals surface area contributed by atoms with Gasteiger partial charge in [0.15, 0.2) is 5.16 Å². The van der Waals surface area contributed by atoms with Gasteiger partial charge in [0.1, 0.15) is 10.8 Å². The minimum atomic E-state index is -0.286. The summed E-state index contributed by atoms with van der Waals surface area (Å²) in [6.45, 7) is 2.70. The second-order valence-corrected chi connectivity index (χ2v) is 4.34. The smallest absolute Gasteiger partial charge is 0.253 e. The van der Waals surface area contributed by atoms with E-state index in [-0.39, 0.29) is 11.4 Å². The summed E-state index contributed by atoms with van der Waals surface area (Å²) >= 11 is 1.22. The van der Waals surface area contributed by atoms with Crippen molar-refractivity contribution in [2.24, 2.45) is 0 Å². The lowest BCUT2D eigenvalue weighted by Gasteiger charge is -2.03. The Kier molecular flexibility index (Phi) is 3.78. The van der Waals surface area contributed by atoms with Gasteiger partial charge in [0, 0.05) is 18.8 Å². The number of nitrogen functional groups attached to an aromatic ring is 1. The van der Waals surface area contributed by atoms with Crippen LogP contribution in [-0.2, 0) is 0 Å². The van der Waals surface area contributed by atoms with Gasteiger partial charge in [0.2, 0.25) is 5.95 Å². The molecule has 2 rings (SSSR count). The summed E-state index contributed by atoms with van der Waals surface area (Å²) < 4.78 is 0. The van der Waals surface area contributed by atoms with Crippen LogP contribution >= 0.6 is 11.8 Å². The van der Waals surface area contributed by atoms with Crippen molar-refractivity contribution in [3.05, 3.63) is 28.7 Å². The molecule has 2 aromatic heterocycles. The molecule has 7 nitrogen and oxygen atoms in total. The van der Waals surface area contributed by atoms with E-state index in [1.54, 1.807) is 12.3 Å². The molecule has 0 saturated carbocycles. The van der Waals surface area contributed by atoms with Crippen LogP contribution in [-0.4, -0.2) is 26.5 Å². The maximum absolute atomic E-state index is 11.2. The summed E-state index contributed by atoms with van der Waals surface area (Å²) in [5.74, 6) is 0.718. The fraction of sp³-hybridized carbons (Fsp3) is 0.200. The van der Waals surface area contributed by atoms with Gasteiger partial charge in [-0.1, -0.05) is 0 Å². The topological polar surface area (TPSA) is 110 Å². The molecule has 0 radical (unpaired) electrons. The fourth-order valence-corrected chi connectivity index (χ4v) is 2.00. The number of anilines is 2. The van der Waals surface area contributed by atoms with Crippen LogP contribution in [0.2, 0.25) is 0 Å². The summed E-state index contributed by atoms with van der Waals surface area (Å²) in [5, 5.41) is 4.08. The van der Waals surface area contributed by atoms with E-state index in [9.17, 15) is 4.79 Å². The monoisotopic (exact) mass is 264 g/mol. The molecule has 18 heavy (non-hydrogen) atoms. The largest absolute Gasteiger partial charge is 0.383 e. The van der Waals surface area contributed by atoms with Crippen LogP contribution in [0.1, 0.15) is 6.92 Å². The van der Waals surface area contributed by atoms with E-state index >= 15 is 0 Å². The number of hydrogen-bond donors (Lipinski definition) is 3. The molecule has 2 aromatic rings. The number of hydrogen-bond acceptors (Lipinski definition) is 7. The maximum atomic E-state index is 11.2. The molecule has 0 amide bonds. The fourth-order valence-electron chi connectivity index (χ4n) is 1.24. The molecule has 0 aromatic carbocycles. The zero-order chi connectivity index (χ0) is 13.0. The molecule has 0 aliphatic rings. The van der Waals surface area contributed by atoms with Gasteiger partial charge in [-0.25, -0.2) is 15.0 Å². The van der Waals surface area contributed by atoms with Crippen molar-refractivity contribution in [1.82, 2.24) is 19.9 Å². The van der Waals surface area contributed by atoms with E-state index in [0.717, 1.165) is 6.54 Å². The van der Waals surface area contributed by atoms with Gasteiger partial charge in [-0.05, 0) is 24.8 Å². The third-order valence-corrected chi connectivity index (χ3v) is 2.73. The normalized spacial score (nSPS) is 10.3. The molecule has 0 bridgehead atoms. The van der Waals surface area contributed by atoms with Crippen LogP contribution in [0.15, 0.2) is 33.3 Å². The van der Waals surface area contributed by atoms with Crippen molar-refractivity contribution in [3.63, 3.8) is 0 Å². The Morgan fingerprint density at radius 1 is 1.50 bits per heavy atom. The van der Waals surface area contributed by atoms with Crippen molar-refractivity contribution in [1.29, 1.82) is 0 Å². The number of nitrogens with zero attached hydrogens (tertiary/aromatic N) is 3. The molecule has 2 heterocycles. The second-order valence-electron chi connectivity index (χ2n) is 3.33. The molecule has 0 spiro atoms. The first-order valence-electron chi connectivity index (χ1n) is 5.29. The first kappa shape index (κ1) is 12.4. The highest BCUT2D eigenvalue weighted by atomic mass is 32.2. The molecule has 0 saturated heterocycles. The third-order valence-electron chi connectivity index (χ3n) is 1.91. The number of H-pyrrole nitrogens is 1. The van der Waals surface area contributed by atoms with E-state index in [1.807, 2.05) is 6.92 Å². The van der Waals surface area contributed by atoms with Crippen molar-refractivity contribution < 1.29 is 0 Å².